The summed E-state index contributed by atoms with van der Waals surface area (Å²) >= 11 is 0. The molecule has 0 aromatic carbocycles. The highest BCUT2D eigenvalue weighted by atomic mass is 15.3. The molecule has 3 nitrogen and oxygen atoms in total. The lowest BCUT2D eigenvalue weighted by Crippen LogP contribution is -2.41. The molecular formula is C10H17N3. The first-order valence-electron chi connectivity index (χ1n) is 5.04. The zero-order valence-corrected chi connectivity index (χ0v) is 8.11. The minimum atomic E-state index is 0.281. The van der Waals surface area contributed by atoms with Gasteiger partial charge in [0.2, 0.25) is 0 Å². The Labute approximate surface area is 79.5 Å². The Balaban J connectivity index is 1.95. The van der Waals surface area contributed by atoms with Crippen LogP contribution in [0, 0.1) is 5.92 Å². The minimum Gasteiger partial charge on any atom is -0.353 e. The molecule has 0 aliphatic carbocycles. The lowest BCUT2D eigenvalue weighted by Gasteiger charge is -2.34. The van der Waals surface area contributed by atoms with Gasteiger partial charge in [-0.3, -0.25) is 9.89 Å². The zero-order valence-electron chi connectivity index (χ0n) is 8.11. The molecular weight excluding hydrogens is 162 g/mol. The summed E-state index contributed by atoms with van der Waals surface area (Å²) in [4.78, 5) is 6.84. The summed E-state index contributed by atoms with van der Waals surface area (Å²) in [6.45, 7) is 4.70. The average Bonchev–Trinajstić information content (AvgIpc) is 2.19. The maximum absolute atomic E-state index is 4.39. The van der Waals surface area contributed by atoms with E-state index in [9.17, 15) is 0 Å². The molecule has 0 saturated carbocycles. The van der Waals surface area contributed by atoms with E-state index in [1.54, 1.807) is 6.34 Å². The Hall–Kier alpha value is -0.830. The Morgan fingerprint density at radius 3 is 3.15 bits per heavy atom. The summed E-state index contributed by atoms with van der Waals surface area (Å²) in [7, 11) is 0. The molecule has 1 saturated heterocycles. The average molecular weight is 179 g/mol. The van der Waals surface area contributed by atoms with E-state index in [4.69, 9.17) is 0 Å². The van der Waals surface area contributed by atoms with E-state index >= 15 is 0 Å². The van der Waals surface area contributed by atoms with Crippen LogP contribution >= 0.6 is 0 Å². The molecule has 0 radical (unpaired) electrons. The first-order valence-corrected chi connectivity index (χ1v) is 5.04. The lowest BCUT2D eigenvalue weighted by molar-refractivity contribution is 0.155. The van der Waals surface area contributed by atoms with Crippen LogP contribution in [0.5, 0.6) is 0 Å². The molecule has 0 aromatic rings. The highest BCUT2D eigenvalue weighted by molar-refractivity contribution is 5.57. The quantitative estimate of drug-likeness (QED) is 0.654. The van der Waals surface area contributed by atoms with Crippen LogP contribution in [-0.2, 0) is 0 Å². The number of likely N-dealkylation sites (tertiary alicyclic amines) is 1. The molecule has 2 atom stereocenters. The third-order valence-corrected chi connectivity index (χ3v) is 2.73. The Bertz CT molecular complexity index is 210. The summed E-state index contributed by atoms with van der Waals surface area (Å²) in [5.41, 5.74) is 0. The van der Waals surface area contributed by atoms with Crippen LogP contribution in [0.4, 0.5) is 0 Å². The van der Waals surface area contributed by atoms with Crippen molar-refractivity contribution in [1.29, 1.82) is 0 Å². The van der Waals surface area contributed by atoms with Crippen molar-refractivity contribution < 1.29 is 0 Å². The molecule has 0 bridgehead atoms. The molecule has 0 amide bonds. The molecule has 1 fully saturated rings. The van der Waals surface area contributed by atoms with Gasteiger partial charge in [-0.2, -0.15) is 0 Å². The van der Waals surface area contributed by atoms with Gasteiger partial charge in [-0.1, -0.05) is 6.92 Å². The fourth-order valence-corrected chi connectivity index (χ4v) is 2.04. The van der Waals surface area contributed by atoms with Crippen molar-refractivity contribution in [1.82, 2.24) is 10.2 Å². The standard InChI is InChI=1S/C10H17N3/c1-9-3-2-6-13(7-9)10-4-5-11-8-12-10/h4-5,8-10H,2-3,6-7H2,1H3,(H,11,12). The highest BCUT2D eigenvalue weighted by Gasteiger charge is 2.21. The molecule has 13 heavy (non-hydrogen) atoms. The highest BCUT2D eigenvalue weighted by Crippen LogP contribution is 2.18. The van der Waals surface area contributed by atoms with Crippen LogP contribution in [0.25, 0.3) is 0 Å². The fourth-order valence-electron chi connectivity index (χ4n) is 2.04. The third kappa shape index (κ3) is 2.10. The first kappa shape index (κ1) is 8.75. The summed E-state index contributed by atoms with van der Waals surface area (Å²) < 4.78 is 0. The molecule has 2 aliphatic rings. The maximum atomic E-state index is 4.39. The van der Waals surface area contributed by atoms with Crippen LogP contribution < -0.4 is 5.32 Å². The van der Waals surface area contributed by atoms with Gasteiger partial charge < -0.3 is 5.32 Å². The topological polar surface area (TPSA) is 27.6 Å². The molecule has 3 heteroatoms. The molecule has 0 spiro atoms. The van der Waals surface area contributed by atoms with Gasteiger partial charge in [0.1, 0.15) is 6.17 Å². The number of piperidine rings is 1. The maximum Gasteiger partial charge on any atom is 0.124 e. The number of hydrogen-bond acceptors (Lipinski definition) is 3. The van der Waals surface area contributed by atoms with Crippen molar-refractivity contribution in [3.63, 3.8) is 0 Å². The van der Waals surface area contributed by atoms with Crippen LogP contribution in [0.15, 0.2) is 17.3 Å². The lowest BCUT2D eigenvalue weighted by atomic mass is 10.00. The van der Waals surface area contributed by atoms with Crippen LogP contribution in [-0.4, -0.2) is 30.5 Å². The normalized spacial score (nSPS) is 34.5. The second-order valence-corrected chi connectivity index (χ2v) is 3.96. The summed E-state index contributed by atoms with van der Waals surface area (Å²) in [6, 6.07) is 0. The van der Waals surface area contributed by atoms with Gasteiger partial charge in [0.25, 0.3) is 0 Å². The van der Waals surface area contributed by atoms with Crippen LogP contribution in [0.2, 0.25) is 0 Å². The van der Waals surface area contributed by atoms with E-state index in [-0.39, 0.29) is 6.17 Å². The van der Waals surface area contributed by atoms with E-state index in [0.29, 0.717) is 0 Å². The number of nitrogens with one attached hydrogen (secondary N) is 1. The second-order valence-electron chi connectivity index (χ2n) is 3.96. The SMILES string of the molecule is CC1CCCN(C2C=CNC=N2)C1. The molecule has 72 valence electrons. The van der Waals surface area contributed by atoms with Gasteiger partial charge in [0.05, 0.1) is 6.34 Å². The number of rotatable bonds is 1. The molecule has 2 aliphatic heterocycles. The molecule has 2 rings (SSSR count). The number of aliphatic imine (C=N–C) groups is 1. The van der Waals surface area contributed by atoms with Crippen molar-refractivity contribution >= 4 is 6.34 Å². The largest absolute Gasteiger partial charge is 0.353 e. The van der Waals surface area contributed by atoms with E-state index in [0.717, 1.165) is 5.92 Å². The van der Waals surface area contributed by atoms with Crippen molar-refractivity contribution in [2.24, 2.45) is 10.9 Å². The fraction of sp³-hybridized carbons (Fsp3) is 0.700. The summed E-state index contributed by atoms with van der Waals surface area (Å²) in [5.74, 6) is 0.826. The zero-order chi connectivity index (χ0) is 9.10. The van der Waals surface area contributed by atoms with Gasteiger partial charge in [-0.25, -0.2) is 0 Å². The molecule has 2 heterocycles. The van der Waals surface area contributed by atoms with Crippen molar-refractivity contribution in [2.75, 3.05) is 13.1 Å². The third-order valence-electron chi connectivity index (χ3n) is 2.73. The molecule has 2 unspecified atom stereocenters. The summed E-state index contributed by atoms with van der Waals surface area (Å²) in [5, 5.41) is 2.97. The Kier molecular flexibility index (Phi) is 2.64. The van der Waals surface area contributed by atoms with E-state index < -0.39 is 0 Å². The van der Waals surface area contributed by atoms with E-state index in [2.05, 4.69) is 28.2 Å². The predicted octanol–water partition coefficient (Wildman–Crippen LogP) is 1.19. The second kappa shape index (κ2) is 3.92. The van der Waals surface area contributed by atoms with E-state index in [1.807, 2.05) is 6.20 Å². The van der Waals surface area contributed by atoms with Crippen LogP contribution in [0.3, 0.4) is 0 Å². The van der Waals surface area contributed by atoms with Gasteiger partial charge in [-0.05, 0) is 24.8 Å². The molecule has 1 N–H and O–H groups in total. The number of hydrogen-bond donors (Lipinski definition) is 1. The number of nitrogens with zero attached hydrogens (tertiary/aromatic N) is 2. The molecule has 0 aromatic heterocycles. The van der Waals surface area contributed by atoms with E-state index in [1.165, 1.54) is 25.9 Å². The van der Waals surface area contributed by atoms with Crippen molar-refractivity contribution in [2.45, 2.75) is 25.9 Å². The van der Waals surface area contributed by atoms with Gasteiger partial charge in [0.15, 0.2) is 0 Å². The van der Waals surface area contributed by atoms with Gasteiger partial charge in [0, 0.05) is 19.3 Å². The Morgan fingerprint density at radius 2 is 2.46 bits per heavy atom. The van der Waals surface area contributed by atoms with Crippen molar-refractivity contribution in [3.05, 3.63) is 12.3 Å². The van der Waals surface area contributed by atoms with Crippen molar-refractivity contribution in [3.8, 4) is 0 Å². The summed E-state index contributed by atoms with van der Waals surface area (Å²) in [6.07, 6.45) is 8.84. The van der Waals surface area contributed by atoms with Gasteiger partial charge >= 0.3 is 0 Å². The minimum absolute atomic E-state index is 0.281. The van der Waals surface area contributed by atoms with Gasteiger partial charge in [-0.15, -0.1) is 0 Å². The monoisotopic (exact) mass is 179 g/mol. The van der Waals surface area contributed by atoms with Crippen LogP contribution in [0.1, 0.15) is 19.8 Å². The Morgan fingerprint density at radius 1 is 1.54 bits per heavy atom. The smallest absolute Gasteiger partial charge is 0.124 e. The first-order chi connectivity index (χ1) is 6.36. The predicted molar refractivity (Wildman–Crippen MR) is 54.5 cm³/mol.